The first-order valence-electron chi connectivity index (χ1n) is 5.76. The molecule has 0 amide bonds. The summed E-state index contributed by atoms with van der Waals surface area (Å²) in [5.41, 5.74) is 8.06. The Labute approximate surface area is 102 Å². The molecule has 1 aromatic rings. The van der Waals surface area contributed by atoms with E-state index in [0.29, 0.717) is 5.02 Å². The summed E-state index contributed by atoms with van der Waals surface area (Å²) in [6.45, 7) is 4.74. The summed E-state index contributed by atoms with van der Waals surface area (Å²) in [5, 5.41) is 0.674. The van der Waals surface area contributed by atoms with E-state index in [1.807, 2.05) is 19.9 Å². The standard InChI is InChI=1S/C13H18ClNO/c1-8-5-11(9(2)15)13(12(14)6-8)16-7-10-3-4-10/h5-6,9-10H,3-4,7,15H2,1-2H3. The van der Waals surface area contributed by atoms with Crippen LogP contribution in [0, 0.1) is 12.8 Å². The van der Waals surface area contributed by atoms with Gasteiger partial charge in [0.15, 0.2) is 0 Å². The van der Waals surface area contributed by atoms with Crippen molar-refractivity contribution in [1.29, 1.82) is 0 Å². The number of halogens is 1. The summed E-state index contributed by atoms with van der Waals surface area (Å²) in [6.07, 6.45) is 2.55. The van der Waals surface area contributed by atoms with Crippen molar-refractivity contribution in [3.05, 3.63) is 28.3 Å². The fraction of sp³-hybridized carbons (Fsp3) is 0.538. The average Bonchev–Trinajstić information content (AvgIpc) is 2.98. The minimum Gasteiger partial charge on any atom is -0.491 e. The number of benzene rings is 1. The first-order valence-corrected chi connectivity index (χ1v) is 6.14. The fourth-order valence-electron chi connectivity index (χ4n) is 1.73. The Kier molecular flexibility index (Phi) is 3.41. The Morgan fingerprint density at radius 2 is 2.19 bits per heavy atom. The van der Waals surface area contributed by atoms with Crippen LogP contribution in [0.4, 0.5) is 0 Å². The molecule has 1 aromatic carbocycles. The second kappa shape index (κ2) is 4.64. The number of nitrogens with two attached hydrogens (primary N) is 1. The van der Waals surface area contributed by atoms with Crippen molar-refractivity contribution in [3.63, 3.8) is 0 Å². The molecular formula is C13H18ClNO. The van der Waals surface area contributed by atoms with Gasteiger partial charge in [-0.1, -0.05) is 17.7 Å². The first kappa shape index (κ1) is 11.7. The third kappa shape index (κ3) is 2.69. The molecule has 0 heterocycles. The van der Waals surface area contributed by atoms with Gasteiger partial charge in [-0.3, -0.25) is 0 Å². The van der Waals surface area contributed by atoms with E-state index in [1.165, 1.54) is 12.8 Å². The quantitative estimate of drug-likeness (QED) is 0.874. The van der Waals surface area contributed by atoms with Gasteiger partial charge in [-0.2, -0.15) is 0 Å². The van der Waals surface area contributed by atoms with Crippen LogP contribution in [0.15, 0.2) is 12.1 Å². The fourth-order valence-corrected chi connectivity index (χ4v) is 2.07. The molecule has 2 N–H and O–H groups in total. The molecule has 3 heteroatoms. The van der Waals surface area contributed by atoms with Gasteiger partial charge < -0.3 is 10.5 Å². The SMILES string of the molecule is Cc1cc(Cl)c(OCC2CC2)c(C(C)N)c1. The molecule has 0 aliphatic heterocycles. The van der Waals surface area contributed by atoms with E-state index in [0.717, 1.165) is 29.4 Å². The Bertz CT molecular complexity index is 386. The maximum atomic E-state index is 6.20. The highest BCUT2D eigenvalue weighted by Gasteiger charge is 2.23. The van der Waals surface area contributed by atoms with Crippen molar-refractivity contribution in [3.8, 4) is 5.75 Å². The van der Waals surface area contributed by atoms with Gasteiger partial charge in [0.1, 0.15) is 5.75 Å². The van der Waals surface area contributed by atoms with Crippen LogP contribution in [0.3, 0.4) is 0 Å². The van der Waals surface area contributed by atoms with Crippen LogP contribution in [-0.2, 0) is 0 Å². The Morgan fingerprint density at radius 3 is 2.75 bits per heavy atom. The number of hydrogen-bond acceptors (Lipinski definition) is 2. The topological polar surface area (TPSA) is 35.2 Å². The molecule has 0 saturated heterocycles. The molecule has 0 spiro atoms. The zero-order valence-corrected chi connectivity index (χ0v) is 10.6. The summed E-state index contributed by atoms with van der Waals surface area (Å²) >= 11 is 6.20. The third-order valence-corrected chi connectivity index (χ3v) is 3.15. The molecule has 2 nitrogen and oxygen atoms in total. The van der Waals surface area contributed by atoms with Gasteiger partial charge in [0, 0.05) is 11.6 Å². The molecule has 88 valence electrons. The molecule has 1 saturated carbocycles. The molecule has 2 rings (SSSR count). The van der Waals surface area contributed by atoms with E-state index in [-0.39, 0.29) is 6.04 Å². The molecule has 1 aliphatic rings. The van der Waals surface area contributed by atoms with E-state index in [2.05, 4.69) is 6.07 Å². The highest BCUT2D eigenvalue weighted by atomic mass is 35.5. The minimum absolute atomic E-state index is 0.0494. The second-order valence-electron chi connectivity index (χ2n) is 4.71. The van der Waals surface area contributed by atoms with Gasteiger partial charge >= 0.3 is 0 Å². The summed E-state index contributed by atoms with van der Waals surface area (Å²) in [7, 11) is 0. The lowest BCUT2D eigenvalue weighted by atomic mass is 10.0. The largest absolute Gasteiger partial charge is 0.491 e. The summed E-state index contributed by atoms with van der Waals surface area (Å²) < 4.78 is 5.80. The maximum absolute atomic E-state index is 6.20. The zero-order valence-electron chi connectivity index (χ0n) is 9.79. The molecule has 16 heavy (non-hydrogen) atoms. The maximum Gasteiger partial charge on any atom is 0.142 e. The third-order valence-electron chi connectivity index (χ3n) is 2.87. The van der Waals surface area contributed by atoms with Crippen molar-refractivity contribution in [1.82, 2.24) is 0 Å². The summed E-state index contributed by atoms with van der Waals surface area (Å²) in [4.78, 5) is 0. The lowest BCUT2D eigenvalue weighted by Crippen LogP contribution is -2.10. The molecular weight excluding hydrogens is 222 g/mol. The smallest absolute Gasteiger partial charge is 0.142 e. The molecule has 0 radical (unpaired) electrons. The van der Waals surface area contributed by atoms with E-state index >= 15 is 0 Å². The van der Waals surface area contributed by atoms with Crippen molar-refractivity contribution in [2.24, 2.45) is 11.7 Å². The van der Waals surface area contributed by atoms with Gasteiger partial charge in [0.2, 0.25) is 0 Å². The molecule has 0 bridgehead atoms. The normalized spacial score (nSPS) is 17.2. The van der Waals surface area contributed by atoms with Crippen LogP contribution >= 0.6 is 11.6 Å². The lowest BCUT2D eigenvalue weighted by Gasteiger charge is -2.16. The molecule has 1 atom stereocenters. The van der Waals surface area contributed by atoms with Crippen LogP contribution in [0.25, 0.3) is 0 Å². The van der Waals surface area contributed by atoms with E-state index < -0.39 is 0 Å². The monoisotopic (exact) mass is 239 g/mol. The molecule has 1 fully saturated rings. The zero-order chi connectivity index (χ0) is 11.7. The van der Waals surface area contributed by atoms with Crippen LogP contribution in [-0.4, -0.2) is 6.61 Å². The highest BCUT2D eigenvalue weighted by molar-refractivity contribution is 6.32. The van der Waals surface area contributed by atoms with Gasteiger partial charge in [0.05, 0.1) is 11.6 Å². The van der Waals surface area contributed by atoms with Crippen LogP contribution < -0.4 is 10.5 Å². The van der Waals surface area contributed by atoms with Crippen molar-refractivity contribution in [2.75, 3.05) is 6.61 Å². The number of rotatable bonds is 4. The van der Waals surface area contributed by atoms with Crippen molar-refractivity contribution < 1.29 is 4.74 Å². The Hall–Kier alpha value is -0.730. The molecule has 0 aromatic heterocycles. The van der Waals surface area contributed by atoms with E-state index in [9.17, 15) is 0 Å². The predicted molar refractivity (Wildman–Crippen MR) is 67.0 cm³/mol. The van der Waals surface area contributed by atoms with Crippen molar-refractivity contribution in [2.45, 2.75) is 32.7 Å². The van der Waals surface area contributed by atoms with Gasteiger partial charge in [0.25, 0.3) is 0 Å². The van der Waals surface area contributed by atoms with Gasteiger partial charge in [-0.25, -0.2) is 0 Å². The van der Waals surface area contributed by atoms with Crippen LogP contribution in [0.2, 0.25) is 5.02 Å². The van der Waals surface area contributed by atoms with E-state index in [4.69, 9.17) is 22.1 Å². The van der Waals surface area contributed by atoms with E-state index in [1.54, 1.807) is 0 Å². The Balaban J connectivity index is 2.24. The molecule has 1 aliphatic carbocycles. The highest BCUT2D eigenvalue weighted by Crippen LogP contribution is 2.36. The number of aryl methyl sites for hydroxylation is 1. The minimum atomic E-state index is -0.0494. The first-order chi connectivity index (χ1) is 7.58. The Morgan fingerprint density at radius 1 is 1.50 bits per heavy atom. The summed E-state index contributed by atoms with van der Waals surface area (Å²) in [5.74, 6) is 1.49. The lowest BCUT2D eigenvalue weighted by molar-refractivity contribution is 0.295. The van der Waals surface area contributed by atoms with Crippen LogP contribution in [0.5, 0.6) is 5.75 Å². The number of ether oxygens (including phenoxy) is 1. The predicted octanol–water partition coefficient (Wildman–Crippen LogP) is 3.46. The van der Waals surface area contributed by atoms with Gasteiger partial charge in [-0.15, -0.1) is 0 Å². The van der Waals surface area contributed by atoms with Gasteiger partial charge in [-0.05, 0) is 44.2 Å². The second-order valence-corrected chi connectivity index (χ2v) is 5.12. The summed E-state index contributed by atoms with van der Waals surface area (Å²) in [6, 6.07) is 3.93. The van der Waals surface area contributed by atoms with Crippen molar-refractivity contribution >= 4 is 11.6 Å². The molecule has 1 unspecified atom stereocenters. The number of hydrogen-bond donors (Lipinski definition) is 1. The van der Waals surface area contributed by atoms with Crippen LogP contribution in [0.1, 0.15) is 36.9 Å². The average molecular weight is 240 g/mol.